The summed E-state index contributed by atoms with van der Waals surface area (Å²) in [6.07, 6.45) is 0.163. The number of hydrogen-bond donors (Lipinski definition) is 0. The van der Waals surface area contributed by atoms with E-state index in [4.69, 9.17) is 0 Å². The Morgan fingerprint density at radius 3 is 2.71 bits per heavy atom. The molecule has 1 spiro atoms. The summed E-state index contributed by atoms with van der Waals surface area (Å²) in [4.78, 5) is 21.7. The molecule has 0 bridgehead atoms. The normalized spacial score (nSPS) is 27.0. The van der Waals surface area contributed by atoms with Crippen molar-refractivity contribution in [1.82, 2.24) is 19.7 Å². The fourth-order valence-electron chi connectivity index (χ4n) is 3.78. The van der Waals surface area contributed by atoms with E-state index in [9.17, 15) is 13.6 Å². The highest BCUT2D eigenvalue weighted by Crippen LogP contribution is 2.49. The van der Waals surface area contributed by atoms with Gasteiger partial charge >= 0.3 is 6.03 Å². The zero-order valence-corrected chi connectivity index (χ0v) is 15.2. The van der Waals surface area contributed by atoms with Crippen molar-refractivity contribution in [2.24, 2.45) is 5.41 Å². The molecule has 0 aromatic carbocycles. The predicted octanol–water partition coefficient (Wildman–Crippen LogP) is 2.67. The first-order chi connectivity index (χ1) is 11.2. The minimum absolute atomic E-state index is 0.122. The van der Waals surface area contributed by atoms with Crippen LogP contribution in [0.4, 0.5) is 13.6 Å². The maximum atomic E-state index is 14.7. The molecule has 0 saturated carbocycles. The molecule has 1 aromatic heterocycles. The topological polar surface area (TPSA) is 39.7 Å². The molecule has 3 rings (SSSR count). The third-order valence-electron chi connectivity index (χ3n) is 5.10. The molecule has 134 valence electrons. The molecule has 5 nitrogen and oxygen atoms in total. The highest BCUT2D eigenvalue weighted by atomic mass is 32.1. The Morgan fingerprint density at radius 2 is 2.08 bits per heavy atom. The Kier molecular flexibility index (Phi) is 4.55. The molecule has 0 N–H and O–H groups in total. The van der Waals surface area contributed by atoms with Gasteiger partial charge in [-0.1, -0.05) is 0 Å². The lowest BCUT2D eigenvalue weighted by Gasteiger charge is -2.46. The summed E-state index contributed by atoms with van der Waals surface area (Å²) in [6, 6.07) is -0.182. The molecule has 1 aromatic rings. The van der Waals surface area contributed by atoms with Crippen LogP contribution in [0.1, 0.15) is 23.5 Å². The summed E-state index contributed by atoms with van der Waals surface area (Å²) in [7, 11) is 3.32. The minimum atomic E-state index is -2.73. The number of rotatable bonds is 2. The number of aromatic nitrogens is 1. The Balaban J connectivity index is 1.73. The summed E-state index contributed by atoms with van der Waals surface area (Å²) in [5.74, 6) is -2.73. The van der Waals surface area contributed by atoms with Crippen LogP contribution in [0.2, 0.25) is 0 Å². The van der Waals surface area contributed by atoms with Gasteiger partial charge in [0.05, 0.1) is 16.1 Å². The van der Waals surface area contributed by atoms with E-state index in [1.165, 1.54) is 4.90 Å². The number of nitrogens with zero attached hydrogens (tertiary/aromatic N) is 4. The van der Waals surface area contributed by atoms with Gasteiger partial charge in [-0.15, -0.1) is 11.3 Å². The van der Waals surface area contributed by atoms with Gasteiger partial charge in [0, 0.05) is 52.1 Å². The average Bonchev–Trinajstić information content (AvgIpc) is 3.09. The van der Waals surface area contributed by atoms with E-state index >= 15 is 0 Å². The number of halogens is 2. The third-order valence-corrected chi connectivity index (χ3v) is 5.93. The van der Waals surface area contributed by atoms with Crippen LogP contribution in [0.5, 0.6) is 0 Å². The first kappa shape index (κ1) is 17.5. The van der Waals surface area contributed by atoms with Crippen LogP contribution in [-0.2, 0) is 6.54 Å². The molecule has 0 radical (unpaired) electrons. The average molecular weight is 358 g/mol. The number of piperidine rings is 1. The lowest BCUT2D eigenvalue weighted by atomic mass is 9.75. The molecule has 2 aliphatic rings. The standard InChI is InChI=1S/C16H24F2N4OS/c1-12-19-13(9-24-12)8-21-6-4-15(10-21)11-22(14(23)20(2)3)7-5-16(15,17)18/h9H,4-8,10-11H2,1-3H3. The van der Waals surface area contributed by atoms with Gasteiger partial charge < -0.3 is 9.80 Å². The Morgan fingerprint density at radius 1 is 1.33 bits per heavy atom. The molecular formula is C16H24F2N4OS. The number of urea groups is 1. The van der Waals surface area contributed by atoms with Crippen LogP contribution < -0.4 is 0 Å². The maximum Gasteiger partial charge on any atom is 0.319 e. The molecule has 2 amide bonds. The zero-order valence-electron chi connectivity index (χ0n) is 14.4. The number of carbonyl (C=O) groups excluding carboxylic acids is 1. The van der Waals surface area contributed by atoms with Gasteiger partial charge in [-0.3, -0.25) is 4.90 Å². The van der Waals surface area contributed by atoms with E-state index in [0.29, 0.717) is 26.1 Å². The van der Waals surface area contributed by atoms with Gasteiger partial charge in [0.2, 0.25) is 0 Å². The van der Waals surface area contributed by atoms with Crippen molar-refractivity contribution >= 4 is 17.4 Å². The Hall–Kier alpha value is -1.28. The molecule has 2 fully saturated rings. The molecular weight excluding hydrogens is 334 g/mol. The number of thiazole rings is 1. The molecule has 2 aliphatic heterocycles. The van der Waals surface area contributed by atoms with Crippen molar-refractivity contribution in [2.75, 3.05) is 40.3 Å². The van der Waals surface area contributed by atoms with Crippen molar-refractivity contribution in [1.29, 1.82) is 0 Å². The minimum Gasteiger partial charge on any atom is -0.331 e. The van der Waals surface area contributed by atoms with E-state index in [0.717, 1.165) is 10.7 Å². The molecule has 2 saturated heterocycles. The first-order valence-corrected chi connectivity index (χ1v) is 9.08. The van der Waals surface area contributed by atoms with E-state index < -0.39 is 11.3 Å². The highest BCUT2D eigenvalue weighted by molar-refractivity contribution is 7.09. The molecule has 1 unspecified atom stereocenters. The fraction of sp³-hybridized carbons (Fsp3) is 0.750. The third kappa shape index (κ3) is 3.13. The van der Waals surface area contributed by atoms with Crippen molar-refractivity contribution in [3.63, 3.8) is 0 Å². The Labute approximate surface area is 145 Å². The second-order valence-corrected chi connectivity index (χ2v) is 8.21. The summed E-state index contributed by atoms with van der Waals surface area (Å²) >= 11 is 1.58. The van der Waals surface area contributed by atoms with Crippen LogP contribution in [0.25, 0.3) is 0 Å². The summed E-state index contributed by atoms with van der Waals surface area (Å²) in [5, 5.41) is 2.98. The fourth-order valence-corrected chi connectivity index (χ4v) is 4.38. The van der Waals surface area contributed by atoms with Crippen LogP contribution in [-0.4, -0.2) is 71.9 Å². The summed E-state index contributed by atoms with van der Waals surface area (Å²) < 4.78 is 29.5. The van der Waals surface area contributed by atoms with Crippen molar-refractivity contribution in [3.8, 4) is 0 Å². The number of amides is 2. The van der Waals surface area contributed by atoms with Crippen LogP contribution in [0, 0.1) is 12.3 Å². The zero-order chi connectivity index (χ0) is 17.5. The smallest absolute Gasteiger partial charge is 0.319 e. The second kappa shape index (κ2) is 6.22. The Bertz CT molecular complexity index is 621. The molecule has 0 aliphatic carbocycles. The number of alkyl halides is 2. The van der Waals surface area contributed by atoms with Crippen molar-refractivity contribution in [3.05, 3.63) is 16.1 Å². The van der Waals surface area contributed by atoms with E-state index in [-0.39, 0.29) is 25.5 Å². The maximum absolute atomic E-state index is 14.7. The van der Waals surface area contributed by atoms with Crippen LogP contribution in [0.15, 0.2) is 5.38 Å². The van der Waals surface area contributed by atoms with Crippen molar-refractivity contribution < 1.29 is 13.6 Å². The monoisotopic (exact) mass is 358 g/mol. The molecule has 3 heterocycles. The predicted molar refractivity (Wildman–Crippen MR) is 89.4 cm³/mol. The van der Waals surface area contributed by atoms with Gasteiger partial charge in [0.15, 0.2) is 0 Å². The lowest BCUT2D eigenvalue weighted by molar-refractivity contribution is -0.155. The largest absolute Gasteiger partial charge is 0.331 e. The van der Waals surface area contributed by atoms with Gasteiger partial charge in [-0.05, 0) is 19.9 Å². The summed E-state index contributed by atoms with van der Waals surface area (Å²) in [5.41, 5.74) is -0.197. The quantitative estimate of drug-likeness (QED) is 0.816. The van der Waals surface area contributed by atoms with Gasteiger partial charge in [-0.2, -0.15) is 0 Å². The second-order valence-electron chi connectivity index (χ2n) is 7.15. The lowest BCUT2D eigenvalue weighted by Crippen LogP contribution is -2.59. The van der Waals surface area contributed by atoms with E-state index in [1.54, 1.807) is 30.3 Å². The molecule has 1 atom stereocenters. The number of likely N-dealkylation sites (tertiary alicyclic amines) is 2. The van der Waals surface area contributed by atoms with E-state index in [2.05, 4.69) is 4.98 Å². The van der Waals surface area contributed by atoms with Crippen molar-refractivity contribution in [2.45, 2.75) is 32.2 Å². The van der Waals surface area contributed by atoms with Gasteiger partial charge in [0.25, 0.3) is 5.92 Å². The van der Waals surface area contributed by atoms with Gasteiger partial charge in [-0.25, -0.2) is 18.6 Å². The first-order valence-electron chi connectivity index (χ1n) is 8.20. The SMILES string of the molecule is Cc1nc(CN2CCC3(C2)CN(C(=O)N(C)C)CCC3(F)F)cs1. The van der Waals surface area contributed by atoms with Gasteiger partial charge in [0.1, 0.15) is 0 Å². The highest BCUT2D eigenvalue weighted by Gasteiger charge is 2.59. The molecule has 24 heavy (non-hydrogen) atoms. The number of carbonyl (C=O) groups is 1. The van der Waals surface area contributed by atoms with E-state index in [1.807, 2.05) is 17.2 Å². The summed E-state index contributed by atoms with van der Waals surface area (Å²) in [6.45, 7) is 3.73. The van der Waals surface area contributed by atoms with Crippen LogP contribution >= 0.6 is 11.3 Å². The number of hydrogen-bond acceptors (Lipinski definition) is 4. The number of aryl methyl sites for hydroxylation is 1. The van der Waals surface area contributed by atoms with Crippen LogP contribution in [0.3, 0.4) is 0 Å². The molecule has 8 heteroatoms.